The Morgan fingerprint density at radius 3 is 2.71 bits per heavy atom. The third kappa shape index (κ3) is 4.48. The van der Waals surface area contributed by atoms with Crippen LogP contribution in [0.15, 0.2) is 24.3 Å². The zero-order valence-corrected chi connectivity index (χ0v) is 14.9. The van der Waals surface area contributed by atoms with Gasteiger partial charge in [-0.15, -0.1) is 12.4 Å². The molecule has 2 aliphatic heterocycles. The van der Waals surface area contributed by atoms with Crippen LogP contribution < -0.4 is 10.6 Å². The van der Waals surface area contributed by atoms with E-state index in [9.17, 15) is 9.59 Å². The number of rotatable bonds is 4. The first-order valence-electron chi connectivity index (χ1n) is 8.52. The maximum absolute atomic E-state index is 12.4. The largest absolute Gasteiger partial charge is 0.348 e. The van der Waals surface area contributed by atoms with E-state index in [-0.39, 0.29) is 30.3 Å². The lowest BCUT2D eigenvalue weighted by atomic mass is 9.94. The van der Waals surface area contributed by atoms with E-state index >= 15 is 0 Å². The molecule has 0 radical (unpaired) electrons. The molecule has 2 heterocycles. The van der Waals surface area contributed by atoms with E-state index in [1.165, 1.54) is 0 Å². The van der Waals surface area contributed by atoms with E-state index < -0.39 is 0 Å². The van der Waals surface area contributed by atoms with Gasteiger partial charge in [0.05, 0.1) is 0 Å². The first kappa shape index (κ1) is 18.7. The summed E-state index contributed by atoms with van der Waals surface area (Å²) in [6.45, 7) is 5.53. The standard InChI is InChI=1S/C18H25N3O2.ClH/c1-13-8-9-19-11-16(13)20-18(23)15-6-4-14(5-7-15)12-21-10-2-3-17(21)22;/h4-7,13,16,19H,2-3,8-12H2,1H3,(H,20,23);1H. The minimum absolute atomic E-state index is 0. The molecule has 24 heavy (non-hydrogen) atoms. The summed E-state index contributed by atoms with van der Waals surface area (Å²) in [5, 5.41) is 6.44. The first-order valence-corrected chi connectivity index (χ1v) is 8.52. The second-order valence-corrected chi connectivity index (χ2v) is 6.67. The van der Waals surface area contributed by atoms with Crippen molar-refractivity contribution in [2.75, 3.05) is 19.6 Å². The van der Waals surface area contributed by atoms with Gasteiger partial charge in [-0.25, -0.2) is 0 Å². The predicted molar refractivity (Wildman–Crippen MR) is 96.2 cm³/mol. The molecule has 1 aromatic carbocycles. The monoisotopic (exact) mass is 351 g/mol. The van der Waals surface area contributed by atoms with Crippen molar-refractivity contribution in [2.24, 2.45) is 5.92 Å². The maximum Gasteiger partial charge on any atom is 0.251 e. The molecule has 0 saturated carbocycles. The molecule has 2 N–H and O–H groups in total. The molecule has 2 amide bonds. The van der Waals surface area contributed by atoms with E-state index in [2.05, 4.69) is 17.6 Å². The maximum atomic E-state index is 12.4. The van der Waals surface area contributed by atoms with Crippen LogP contribution >= 0.6 is 12.4 Å². The van der Waals surface area contributed by atoms with Crippen molar-refractivity contribution in [3.05, 3.63) is 35.4 Å². The summed E-state index contributed by atoms with van der Waals surface area (Å²) in [4.78, 5) is 25.9. The van der Waals surface area contributed by atoms with Crippen LogP contribution in [0.2, 0.25) is 0 Å². The van der Waals surface area contributed by atoms with Crippen LogP contribution in [-0.2, 0) is 11.3 Å². The summed E-state index contributed by atoms with van der Waals surface area (Å²) in [5.74, 6) is 0.709. The average Bonchev–Trinajstić information content (AvgIpc) is 2.95. The highest BCUT2D eigenvalue weighted by atomic mass is 35.5. The Labute approximate surface area is 149 Å². The van der Waals surface area contributed by atoms with Gasteiger partial charge in [-0.05, 0) is 43.0 Å². The molecule has 6 heteroatoms. The number of halogens is 1. The molecule has 3 rings (SSSR count). The Morgan fingerprint density at radius 2 is 2.08 bits per heavy atom. The van der Waals surface area contributed by atoms with Crippen LogP contribution in [0.1, 0.15) is 42.1 Å². The van der Waals surface area contributed by atoms with Crippen molar-refractivity contribution in [1.82, 2.24) is 15.5 Å². The van der Waals surface area contributed by atoms with Gasteiger partial charge in [0.1, 0.15) is 0 Å². The lowest BCUT2D eigenvalue weighted by Gasteiger charge is -2.30. The van der Waals surface area contributed by atoms with E-state index in [4.69, 9.17) is 0 Å². The summed E-state index contributed by atoms with van der Waals surface area (Å²) < 4.78 is 0. The van der Waals surface area contributed by atoms with Crippen LogP contribution in [0.5, 0.6) is 0 Å². The normalized spacial score (nSPS) is 23.7. The van der Waals surface area contributed by atoms with Gasteiger partial charge in [0.2, 0.25) is 5.91 Å². The van der Waals surface area contributed by atoms with Crippen molar-refractivity contribution in [3.8, 4) is 0 Å². The van der Waals surface area contributed by atoms with Crippen LogP contribution in [0.4, 0.5) is 0 Å². The molecule has 2 unspecified atom stereocenters. The highest BCUT2D eigenvalue weighted by Gasteiger charge is 2.23. The smallest absolute Gasteiger partial charge is 0.251 e. The topological polar surface area (TPSA) is 61.4 Å². The molecule has 0 bridgehead atoms. The molecule has 0 spiro atoms. The molecule has 2 saturated heterocycles. The van der Waals surface area contributed by atoms with E-state index in [0.717, 1.165) is 38.0 Å². The Morgan fingerprint density at radius 1 is 1.33 bits per heavy atom. The van der Waals surface area contributed by atoms with Crippen LogP contribution in [-0.4, -0.2) is 42.4 Å². The third-order valence-electron chi connectivity index (χ3n) is 4.91. The molecule has 5 nitrogen and oxygen atoms in total. The van der Waals surface area contributed by atoms with Gasteiger partial charge in [0, 0.05) is 37.7 Å². The van der Waals surface area contributed by atoms with Crippen molar-refractivity contribution in [3.63, 3.8) is 0 Å². The second kappa shape index (κ2) is 8.49. The number of hydrogen-bond donors (Lipinski definition) is 2. The van der Waals surface area contributed by atoms with Crippen molar-refractivity contribution >= 4 is 24.2 Å². The summed E-state index contributed by atoms with van der Waals surface area (Å²) in [7, 11) is 0. The van der Waals surface area contributed by atoms with Gasteiger partial charge in [-0.3, -0.25) is 9.59 Å². The summed E-state index contributed by atoms with van der Waals surface area (Å²) in [6, 6.07) is 7.79. The Bertz CT molecular complexity index is 576. The highest BCUT2D eigenvalue weighted by Crippen LogP contribution is 2.16. The molecule has 0 aromatic heterocycles. The van der Waals surface area contributed by atoms with Gasteiger partial charge in [0.25, 0.3) is 5.91 Å². The van der Waals surface area contributed by atoms with Gasteiger partial charge in [-0.2, -0.15) is 0 Å². The zero-order chi connectivity index (χ0) is 16.2. The van der Waals surface area contributed by atoms with E-state index in [1.807, 2.05) is 29.2 Å². The fourth-order valence-electron chi connectivity index (χ4n) is 3.29. The quantitative estimate of drug-likeness (QED) is 0.871. The first-order chi connectivity index (χ1) is 11.1. The Balaban J connectivity index is 0.00000208. The number of amides is 2. The molecule has 132 valence electrons. The third-order valence-corrected chi connectivity index (χ3v) is 4.91. The molecular weight excluding hydrogens is 326 g/mol. The van der Waals surface area contributed by atoms with E-state index in [1.54, 1.807) is 0 Å². The minimum Gasteiger partial charge on any atom is -0.348 e. The number of nitrogens with one attached hydrogen (secondary N) is 2. The van der Waals surface area contributed by atoms with Gasteiger partial charge in [-0.1, -0.05) is 19.1 Å². The van der Waals surface area contributed by atoms with Crippen molar-refractivity contribution in [1.29, 1.82) is 0 Å². The predicted octanol–water partition coefficient (Wildman–Crippen LogP) is 1.96. The number of carbonyl (C=O) groups is 2. The molecule has 1 aromatic rings. The molecule has 2 atom stereocenters. The number of benzene rings is 1. The van der Waals surface area contributed by atoms with Crippen LogP contribution in [0.3, 0.4) is 0 Å². The number of piperidine rings is 1. The number of carbonyl (C=O) groups excluding carboxylic acids is 2. The fraction of sp³-hybridized carbons (Fsp3) is 0.556. The summed E-state index contributed by atoms with van der Waals surface area (Å²) in [5.41, 5.74) is 1.75. The lowest BCUT2D eigenvalue weighted by molar-refractivity contribution is -0.128. The Kier molecular flexibility index (Phi) is 6.63. The van der Waals surface area contributed by atoms with Crippen molar-refractivity contribution < 1.29 is 9.59 Å². The number of nitrogens with zero attached hydrogens (tertiary/aromatic N) is 1. The molecule has 2 aliphatic rings. The molecular formula is C18H26ClN3O2. The number of likely N-dealkylation sites (tertiary alicyclic amines) is 1. The number of hydrogen-bond acceptors (Lipinski definition) is 3. The second-order valence-electron chi connectivity index (χ2n) is 6.67. The van der Waals surface area contributed by atoms with E-state index in [0.29, 0.717) is 24.4 Å². The zero-order valence-electron chi connectivity index (χ0n) is 14.1. The molecule has 2 fully saturated rings. The van der Waals surface area contributed by atoms with Gasteiger partial charge < -0.3 is 15.5 Å². The highest BCUT2D eigenvalue weighted by molar-refractivity contribution is 5.94. The van der Waals surface area contributed by atoms with Gasteiger partial charge >= 0.3 is 0 Å². The summed E-state index contributed by atoms with van der Waals surface area (Å²) in [6.07, 6.45) is 2.70. The lowest BCUT2D eigenvalue weighted by Crippen LogP contribution is -2.50. The SMILES string of the molecule is CC1CCNCC1NC(=O)c1ccc(CN2CCCC2=O)cc1.Cl. The fourth-order valence-corrected chi connectivity index (χ4v) is 3.29. The van der Waals surface area contributed by atoms with Crippen molar-refractivity contribution in [2.45, 2.75) is 38.8 Å². The average molecular weight is 352 g/mol. The minimum atomic E-state index is -0.0191. The molecule has 0 aliphatic carbocycles. The van der Waals surface area contributed by atoms with Gasteiger partial charge in [0.15, 0.2) is 0 Å². The summed E-state index contributed by atoms with van der Waals surface area (Å²) >= 11 is 0. The Hall–Kier alpha value is -1.59. The van der Waals surface area contributed by atoms with Crippen LogP contribution in [0.25, 0.3) is 0 Å². The van der Waals surface area contributed by atoms with Crippen LogP contribution in [0, 0.1) is 5.92 Å².